The number of nitrogens with zero attached hydrogens (tertiary/aromatic N) is 1. The number of hydrogen-bond acceptors (Lipinski definition) is 2. The molecule has 1 aliphatic rings. The van der Waals surface area contributed by atoms with Crippen molar-refractivity contribution in [3.63, 3.8) is 0 Å². The molecule has 1 heterocycles. The van der Waals surface area contributed by atoms with Gasteiger partial charge in [-0.05, 0) is 19.3 Å². The fourth-order valence-electron chi connectivity index (χ4n) is 1.46. The zero-order valence-electron chi connectivity index (χ0n) is 6.69. The van der Waals surface area contributed by atoms with E-state index in [4.69, 9.17) is 10.8 Å². The minimum atomic E-state index is -1.06. The molecular formula is C7H12N2O3. The van der Waals surface area contributed by atoms with Crippen molar-refractivity contribution in [2.75, 3.05) is 6.54 Å². The van der Waals surface area contributed by atoms with Crippen LogP contribution in [0, 0.1) is 0 Å². The molecule has 0 spiro atoms. The minimum Gasteiger partial charge on any atom is -0.465 e. The van der Waals surface area contributed by atoms with E-state index in [0.29, 0.717) is 13.0 Å². The summed E-state index contributed by atoms with van der Waals surface area (Å²) in [6.07, 6.45) is 1.19. The van der Waals surface area contributed by atoms with E-state index in [1.165, 1.54) is 0 Å². The van der Waals surface area contributed by atoms with Gasteiger partial charge in [0, 0.05) is 6.54 Å². The van der Waals surface area contributed by atoms with E-state index in [0.717, 1.165) is 17.7 Å². The van der Waals surface area contributed by atoms with Crippen molar-refractivity contribution in [2.24, 2.45) is 5.73 Å². The first-order chi connectivity index (χ1) is 5.63. The van der Waals surface area contributed by atoms with Crippen molar-refractivity contribution in [1.29, 1.82) is 0 Å². The summed E-state index contributed by atoms with van der Waals surface area (Å²) in [5.74, 6) is -0.544. The standard InChI is InChI=1S/C7H12N2O3/c8-6(10)5-3-1-2-4-9(5)7(11)12/h5H,1-4H2,(H2,8,10)(H,11,12). The second kappa shape index (κ2) is 3.42. The number of amides is 2. The third-order valence-corrected chi connectivity index (χ3v) is 2.08. The Morgan fingerprint density at radius 3 is 2.50 bits per heavy atom. The monoisotopic (exact) mass is 172 g/mol. The van der Waals surface area contributed by atoms with Gasteiger partial charge in [-0.15, -0.1) is 0 Å². The number of nitrogens with two attached hydrogens (primary N) is 1. The van der Waals surface area contributed by atoms with Crippen LogP contribution in [0.3, 0.4) is 0 Å². The van der Waals surface area contributed by atoms with Gasteiger partial charge in [0.25, 0.3) is 0 Å². The number of likely N-dealkylation sites (tertiary alicyclic amines) is 1. The maximum absolute atomic E-state index is 10.8. The Morgan fingerprint density at radius 1 is 1.42 bits per heavy atom. The number of carbonyl (C=O) groups is 2. The Bertz CT molecular complexity index is 183. The first-order valence-corrected chi connectivity index (χ1v) is 3.92. The summed E-state index contributed by atoms with van der Waals surface area (Å²) < 4.78 is 0. The molecule has 1 atom stereocenters. The molecule has 0 aromatic carbocycles. The van der Waals surface area contributed by atoms with Crippen LogP contribution in [0.1, 0.15) is 19.3 Å². The van der Waals surface area contributed by atoms with E-state index >= 15 is 0 Å². The van der Waals surface area contributed by atoms with Gasteiger partial charge in [0.1, 0.15) is 6.04 Å². The lowest BCUT2D eigenvalue weighted by Gasteiger charge is -2.30. The van der Waals surface area contributed by atoms with Gasteiger partial charge in [0.2, 0.25) is 5.91 Å². The van der Waals surface area contributed by atoms with E-state index in [2.05, 4.69) is 0 Å². The summed E-state index contributed by atoms with van der Waals surface area (Å²) in [5.41, 5.74) is 5.05. The molecular weight excluding hydrogens is 160 g/mol. The molecule has 0 aromatic rings. The zero-order valence-corrected chi connectivity index (χ0v) is 6.69. The average Bonchev–Trinajstić information content (AvgIpc) is 2.04. The number of hydrogen-bond donors (Lipinski definition) is 2. The van der Waals surface area contributed by atoms with Crippen LogP contribution in [0.15, 0.2) is 0 Å². The maximum atomic E-state index is 10.8. The van der Waals surface area contributed by atoms with Crippen molar-refractivity contribution < 1.29 is 14.7 Å². The van der Waals surface area contributed by atoms with Gasteiger partial charge in [-0.1, -0.05) is 0 Å². The fourth-order valence-corrected chi connectivity index (χ4v) is 1.46. The number of piperidine rings is 1. The normalized spacial score (nSPS) is 23.7. The van der Waals surface area contributed by atoms with Crippen molar-refractivity contribution in [2.45, 2.75) is 25.3 Å². The third kappa shape index (κ3) is 1.66. The molecule has 1 fully saturated rings. The van der Waals surface area contributed by atoms with Crippen LogP contribution in [-0.2, 0) is 4.79 Å². The van der Waals surface area contributed by atoms with Crippen LogP contribution in [0.2, 0.25) is 0 Å². The van der Waals surface area contributed by atoms with E-state index in [1.807, 2.05) is 0 Å². The topological polar surface area (TPSA) is 83.6 Å². The van der Waals surface area contributed by atoms with Crippen LogP contribution in [0.25, 0.3) is 0 Å². The number of primary amides is 1. The van der Waals surface area contributed by atoms with Gasteiger partial charge in [-0.3, -0.25) is 9.69 Å². The van der Waals surface area contributed by atoms with Crippen LogP contribution >= 0.6 is 0 Å². The SMILES string of the molecule is NC(=O)C1CCCCN1C(=O)O. The number of carboxylic acid groups (broad SMARTS) is 1. The number of rotatable bonds is 1. The Morgan fingerprint density at radius 2 is 2.08 bits per heavy atom. The summed E-state index contributed by atoms with van der Waals surface area (Å²) in [7, 11) is 0. The second-order valence-electron chi connectivity index (χ2n) is 2.89. The molecule has 68 valence electrons. The van der Waals surface area contributed by atoms with Gasteiger partial charge in [-0.25, -0.2) is 4.79 Å². The maximum Gasteiger partial charge on any atom is 0.407 e. The molecule has 12 heavy (non-hydrogen) atoms. The Balaban J connectivity index is 2.67. The van der Waals surface area contributed by atoms with Crippen LogP contribution in [0.4, 0.5) is 4.79 Å². The van der Waals surface area contributed by atoms with Crippen molar-refractivity contribution in [3.05, 3.63) is 0 Å². The molecule has 1 rings (SSSR count). The summed E-state index contributed by atoms with van der Waals surface area (Å²) in [6.45, 7) is 0.420. The Labute approximate surface area is 70.1 Å². The number of carbonyl (C=O) groups excluding carboxylic acids is 1. The molecule has 0 saturated carbocycles. The summed E-state index contributed by atoms with van der Waals surface area (Å²) in [4.78, 5) is 22.5. The summed E-state index contributed by atoms with van der Waals surface area (Å²) in [6, 6.07) is -0.615. The smallest absolute Gasteiger partial charge is 0.407 e. The Kier molecular flexibility index (Phi) is 2.52. The quantitative estimate of drug-likeness (QED) is 0.584. The van der Waals surface area contributed by atoms with E-state index in [-0.39, 0.29) is 0 Å². The first-order valence-electron chi connectivity index (χ1n) is 3.92. The Hall–Kier alpha value is -1.26. The highest BCUT2D eigenvalue weighted by Gasteiger charge is 2.29. The predicted octanol–water partition coefficient (Wildman–Crippen LogP) is 0.00420. The zero-order chi connectivity index (χ0) is 9.14. The second-order valence-corrected chi connectivity index (χ2v) is 2.89. The third-order valence-electron chi connectivity index (χ3n) is 2.08. The van der Waals surface area contributed by atoms with E-state index in [9.17, 15) is 9.59 Å². The molecule has 0 bridgehead atoms. The van der Waals surface area contributed by atoms with Crippen molar-refractivity contribution in [1.82, 2.24) is 4.90 Å². The minimum absolute atomic E-state index is 0.420. The van der Waals surface area contributed by atoms with Crippen LogP contribution in [0.5, 0.6) is 0 Å². The van der Waals surface area contributed by atoms with Gasteiger partial charge < -0.3 is 10.8 Å². The molecule has 0 radical (unpaired) electrons. The average molecular weight is 172 g/mol. The van der Waals surface area contributed by atoms with Gasteiger partial charge in [0.05, 0.1) is 0 Å². The lowest BCUT2D eigenvalue weighted by Crippen LogP contribution is -2.49. The van der Waals surface area contributed by atoms with Crippen molar-refractivity contribution in [3.8, 4) is 0 Å². The molecule has 1 saturated heterocycles. The molecule has 1 unspecified atom stereocenters. The van der Waals surface area contributed by atoms with Crippen molar-refractivity contribution >= 4 is 12.0 Å². The molecule has 1 aliphatic heterocycles. The van der Waals surface area contributed by atoms with Gasteiger partial charge in [0.15, 0.2) is 0 Å². The summed E-state index contributed by atoms with van der Waals surface area (Å²) >= 11 is 0. The van der Waals surface area contributed by atoms with Gasteiger partial charge in [-0.2, -0.15) is 0 Å². The molecule has 2 amide bonds. The largest absolute Gasteiger partial charge is 0.465 e. The molecule has 5 nitrogen and oxygen atoms in total. The van der Waals surface area contributed by atoms with Crippen LogP contribution < -0.4 is 5.73 Å². The summed E-state index contributed by atoms with van der Waals surface area (Å²) in [5, 5.41) is 8.68. The predicted molar refractivity (Wildman–Crippen MR) is 41.6 cm³/mol. The van der Waals surface area contributed by atoms with Gasteiger partial charge >= 0.3 is 6.09 Å². The highest BCUT2D eigenvalue weighted by Crippen LogP contribution is 2.16. The highest BCUT2D eigenvalue weighted by molar-refractivity contribution is 5.83. The molecule has 0 aromatic heterocycles. The van der Waals surface area contributed by atoms with E-state index in [1.54, 1.807) is 0 Å². The first kappa shape index (κ1) is 8.83. The van der Waals surface area contributed by atoms with E-state index < -0.39 is 18.0 Å². The molecule has 3 N–H and O–H groups in total. The lowest BCUT2D eigenvalue weighted by atomic mass is 10.0. The van der Waals surface area contributed by atoms with Crippen LogP contribution in [-0.4, -0.2) is 34.6 Å². The lowest BCUT2D eigenvalue weighted by molar-refractivity contribution is -0.123. The highest BCUT2D eigenvalue weighted by atomic mass is 16.4. The molecule has 5 heteroatoms. The fraction of sp³-hybridized carbons (Fsp3) is 0.714. The molecule has 0 aliphatic carbocycles.